The van der Waals surface area contributed by atoms with Crippen molar-refractivity contribution < 1.29 is 9.47 Å². The van der Waals surface area contributed by atoms with Crippen LogP contribution in [-0.4, -0.2) is 14.2 Å². The molecule has 0 aliphatic rings. The first-order valence-electron chi connectivity index (χ1n) is 6.60. The Bertz CT molecular complexity index is 582. The Hall–Kier alpha value is -1.75. The molecule has 0 amide bonds. The molecule has 0 bridgehead atoms. The van der Waals surface area contributed by atoms with Crippen LogP contribution in [0.1, 0.15) is 17.2 Å². The highest BCUT2D eigenvalue weighted by molar-refractivity contribution is 6.31. The predicted octanol–water partition coefficient (Wildman–Crippen LogP) is 3.10. The number of hydrogen-bond donors (Lipinski definition) is 2. The molecule has 112 valence electrons. The maximum absolute atomic E-state index is 6.21. The smallest absolute Gasteiger partial charge is 0.122 e. The van der Waals surface area contributed by atoms with Gasteiger partial charge in [0, 0.05) is 11.1 Å². The van der Waals surface area contributed by atoms with E-state index in [4.69, 9.17) is 26.9 Å². The van der Waals surface area contributed by atoms with Gasteiger partial charge in [-0.05, 0) is 35.7 Å². The van der Waals surface area contributed by atoms with Crippen LogP contribution in [0.15, 0.2) is 42.5 Å². The van der Waals surface area contributed by atoms with Crippen molar-refractivity contribution >= 4 is 11.6 Å². The van der Waals surface area contributed by atoms with Gasteiger partial charge in [-0.1, -0.05) is 29.8 Å². The number of methoxy groups -OCH3 is 2. The SMILES string of the molecule is COc1cc(OC)cc(C(Cc2ccccc2Cl)NN)c1. The van der Waals surface area contributed by atoms with Crippen LogP contribution >= 0.6 is 11.6 Å². The Morgan fingerprint density at radius 2 is 1.71 bits per heavy atom. The average Bonchev–Trinajstić information content (AvgIpc) is 2.53. The first kappa shape index (κ1) is 15.6. The van der Waals surface area contributed by atoms with E-state index in [-0.39, 0.29) is 6.04 Å². The molecule has 2 aromatic rings. The van der Waals surface area contributed by atoms with Crippen LogP contribution in [0.3, 0.4) is 0 Å². The summed E-state index contributed by atoms with van der Waals surface area (Å²) >= 11 is 6.21. The molecular formula is C16H19ClN2O2. The van der Waals surface area contributed by atoms with E-state index in [0.717, 1.165) is 27.6 Å². The van der Waals surface area contributed by atoms with E-state index in [9.17, 15) is 0 Å². The van der Waals surface area contributed by atoms with E-state index in [1.165, 1.54) is 0 Å². The summed E-state index contributed by atoms with van der Waals surface area (Å²) in [6.07, 6.45) is 0.673. The van der Waals surface area contributed by atoms with Gasteiger partial charge >= 0.3 is 0 Å². The molecule has 0 saturated heterocycles. The number of benzene rings is 2. The zero-order valence-electron chi connectivity index (χ0n) is 12.1. The lowest BCUT2D eigenvalue weighted by atomic mass is 9.99. The molecule has 0 aromatic heterocycles. The maximum atomic E-state index is 6.21. The van der Waals surface area contributed by atoms with Crippen molar-refractivity contribution in [1.82, 2.24) is 5.43 Å². The molecule has 0 aliphatic carbocycles. The highest BCUT2D eigenvalue weighted by Crippen LogP contribution is 2.29. The Kier molecular flexibility index (Phi) is 5.44. The molecule has 0 heterocycles. The highest BCUT2D eigenvalue weighted by atomic mass is 35.5. The summed E-state index contributed by atoms with van der Waals surface area (Å²) < 4.78 is 10.6. The summed E-state index contributed by atoms with van der Waals surface area (Å²) in [6.45, 7) is 0. The monoisotopic (exact) mass is 306 g/mol. The van der Waals surface area contributed by atoms with E-state index in [2.05, 4.69) is 5.43 Å². The molecular weight excluding hydrogens is 288 g/mol. The number of hydrogen-bond acceptors (Lipinski definition) is 4. The normalized spacial score (nSPS) is 12.0. The molecule has 1 atom stereocenters. The Balaban J connectivity index is 2.31. The minimum absolute atomic E-state index is 0.0890. The van der Waals surface area contributed by atoms with Gasteiger partial charge < -0.3 is 9.47 Å². The summed E-state index contributed by atoms with van der Waals surface area (Å²) in [5.74, 6) is 7.16. The van der Waals surface area contributed by atoms with Crippen molar-refractivity contribution in [2.24, 2.45) is 5.84 Å². The first-order chi connectivity index (χ1) is 10.2. The molecule has 5 heteroatoms. The number of ether oxygens (including phenoxy) is 2. The van der Waals surface area contributed by atoms with Gasteiger partial charge in [0.15, 0.2) is 0 Å². The van der Waals surface area contributed by atoms with Crippen molar-refractivity contribution in [3.05, 3.63) is 58.6 Å². The largest absolute Gasteiger partial charge is 0.497 e. The van der Waals surface area contributed by atoms with Crippen molar-refractivity contribution in [3.8, 4) is 11.5 Å². The van der Waals surface area contributed by atoms with Crippen molar-refractivity contribution in [2.45, 2.75) is 12.5 Å². The second-order valence-corrected chi connectivity index (χ2v) is 5.07. The third kappa shape index (κ3) is 3.88. The second-order valence-electron chi connectivity index (χ2n) is 4.66. The lowest BCUT2D eigenvalue weighted by molar-refractivity contribution is 0.391. The molecule has 3 N–H and O–H groups in total. The van der Waals surface area contributed by atoms with Crippen molar-refractivity contribution in [1.29, 1.82) is 0 Å². The molecule has 0 saturated carbocycles. The summed E-state index contributed by atoms with van der Waals surface area (Å²) in [4.78, 5) is 0. The summed E-state index contributed by atoms with van der Waals surface area (Å²) in [5, 5.41) is 0.729. The molecule has 0 spiro atoms. The zero-order valence-corrected chi connectivity index (χ0v) is 12.9. The number of nitrogens with two attached hydrogens (primary N) is 1. The van der Waals surface area contributed by atoms with Gasteiger partial charge in [0.05, 0.1) is 20.3 Å². The molecule has 21 heavy (non-hydrogen) atoms. The van der Waals surface area contributed by atoms with Gasteiger partial charge in [-0.2, -0.15) is 0 Å². The summed E-state index contributed by atoms with van der Waals surface area (Å²) in [6, 6.07) is 13.3. The Labute approximate surface area is 129 Å². The molecule has 2 rings (SSSR count). The third-order valence-electron chi connectivity index (χ3n) is 3.36. The predicted molar refractivity (Wildman–Crippen MR) is 84.8 cm³/mol. The minimum Gasteiger partial charge on any atom is -0.497 e. The zero-order chi connectivity index (χ0) is 15.2. The fourth-order valence-electron chi connectivity index (χ4n) is 2.19. The van der Waals surface area contributed by atoms with Crippen LogP contribution in [0, 0.1) is 0 Å². The lowest BCUT2D eigenvalue weighted by Gasteiger charge is -2.19. The van der Waals surface area contributed by atoms with Crippen molar-refractivity contribution in [3.63, 3.8) is 0 Å². The molecule has 0 radical (unpaired) electrons. The van der Waals surface area contributed by atoms with Gasteiger partial charge in [0.25, 0.3) is 0 Å². The van der Waals surface area contributed by atoms with Gasteiger partial charge in [-0.3, -0.25) is 11.3 Å². The van der Waals surface area contributed by atoms with E-state index < -0.39 is 0 Å². The minimum atomic E-state index is -0.0890. The summed E-state index contributed by atoms with van der Waals surface area (Å²) in [5.41, 5.74) is 4.84. The topological polar surface area (TPSA) is 56.5 Å². The van der Waals surface area contributed by atoms with Gasteiger partial charge in [0.2, 0.25) is 0 Å². The molecule has 0 fully saturated rings. The van der Waals surface area contributed by atoms with E-state index in [1.807, 2.05) is 42.5 Å². The molecule has 2 aromatic carbocycles. The number of halogens is 1. The van der Waals surface area contributed by atoms with Gasteiger partial charge in [-0.15, -0.1) is 0 Å². The summed E-state index contributed by atoms with van der Waals surface area (Å²) in [7, 11) is 3.25. The first-order valence-corrected chi connectivity index (χ1v) is 6.98. The lowest BCUT2D eigenvalue weighted by Crippen LogP contribution is -2.29. The molecule has 1 unspecified atom stereocenters. The molecule has 4 nitrogen and oxygen atoms in total. The standard InChI is InChI=1S/C16H19ClN2O2/c1-20-13-7-12(8-14(10-13)21-2)16(19-18)9-11-5-3-4-6-15(11)17/h3-8,10,16,19H,9,18H2,1-2H3. The van der Waals surface area contributed by atoms with Gasteiger partial charge in [-0.25, -0.2) is 0 Å². The third-order valence-corrected chi connectivity index (χ3v) is 3.73. The fraction of sp³-hybridized carbons (Fsp3) is 0.250. The van der Waals surface area contributed by atoms with Crippen LogP contribution in [0.25, 0.3) is 0 Å². The van der Waals surface area contributed by atoms with Crippen LogP contribution in [0.5, 0.6) is 11.5 Å². The van der Waals surface area contributed by atoms with Crippen LogP contribution in [0.2, 0.25) is 5.02 Å². The average molecular weight is 307 g/mol. The van der Waals surface area contributed by atoms with E-state index in [0.29, 0.717) is 6.42 Å². The van der Waals surface area contributed by atoms with E-state index in [1.54, 1.807) is 14.2 Å². The number of rotatable bonds is 6. The Morgan fingerprint density at radius 3 is 2.24 bits per heavy atom. The number of hydrazine groups is 1. The van der Waals surface area contributed by atoms with Crippen LogP contribution < -0.4 is 20.7 Å². The Morgan fingerprint density at radius 1 is 1.10 bits per heavy atom. The number of nitrogens with one attached hydrogen (secondary N) is 1. The van der Waals surface area contributed by atoms with E-state index >= 15 is 0 Å². The fourth-order valence-corrected chi connectivity index (χ4v) is 2.40. The van der Waals surface area contributed by atoms with Crippen molar-refractivity contribution in [2.75, 3.05) is 14.2 Å². The molecule has 0 aliphatic heterocycles. The van der Waals surface area contributed by atoms with Gasteiger partial charge in [0.1, 0.15) is 11.5 Å². The maximum Gasteiger partial charge on any atom is 0.122 e. The van der Waals surface area contributed by atoms with Crippen LogP contribution in [-0.2, 0) is 6.42 Å². The quantitative estimate of drug-likeness (QED) is 0.636. The highest BCUT2D eigenvalue weighted by Gasteiger charge is 2.14. The second kappa shape index (κ2) is 7.31. The van der Waals surface area contributed by atoms with Crippen LogP contribution in [0.4, 0.5) is 0 Å².